The first-order valence-corrected chi connectivity index (χ1v) is 5.94. The van der Waals surface area contributed by atoms with Gasteiger partial charge in [0.1, 0.15) is 5.69 Å². The molecule has 0 saturated heterocycles. The Kier molecular flexibility index (Phi) is 2.56. The standard InChI is InChI=1S/C15H12N2O2/c1-9-4-6-10(7-5-9)12-13-11(3-2-8-16-13)17-14(12)15(18)19/h2-8,17H,1H3,(H,18,19). The maximum atomic E-state index is 11.4. The topological polar surface area (TPSA) is 66.0 Å². The molecule has 0 saturated carbocycles. The lowest BCUT2D eigenvalue weighted by molar-refractivity contribution is 0.0692. The number of carboxylic acid groups (broad SMARTS) is 1. The van der Waals surface area contributed by atoms with E-state index in [1.165, 1.54) is 0 Å². The van der Waals surface area contributed by atoms with E-state index in [-0.39, 0.29) is 5.69 Å². The van der Waals surface area contributed by atoms with Crippen molar-refractivity contribution < 1.29 is 9.90 Å². The summed E-state index contributed by atoms with van der Waals surface area (Å²) >= 11 is 0. The van der Waals surface area contributed by atoms with Crippen molar-refractivity contribution in [1.29, 1.82) is 0 Å². The molecule has 2 heterocycles. The van der Waals surface area contributed by atoms with Gasteiger partial charge in [0.25, 0.3) is 0 Å². The third-order valence-corrected chi connectivity index (χ3v) is 3.11. The summed E-state index contributed by atoms with van der Waals surface area (Å²) in [5.41, 5.74) is 4.22. The van der Waals surface area contributed by atoms with Crippen molar-refractivity contribution in [3.63, 3.8) is 0 Å². The number of carboxylic acids is 1. The van der Waals surface area contributed by atoms with Crippen LogP contribution < -0.4 is 0 Å². The normalized spacial score (nSPS) is 10.8. The molecule has 3 rings (SSSR count). The summed E-state index contributed by atoms with van der Waals surface area (Å²) in [5, 5.41) is 9.32. The number of nitrogens with one attached hydrogen (secondary N) is 1. The molecule has 0 amide bonds. The molecular weight excluding hydrogens is 240 g/mol. The number of hydrogen-bond acceptors (Lipinski definition) is 2. The van der Waals surface area contributed by atoms with Crippen LogP contribution in [0.3, 0.4) is 0 Å². The quantitative estimate of drug-likeness (QED) is 0.735. The van der Waals surface area contributed by atoms with Crippen LogP contribution in [0.5, 0.6) is 0 Å². The second-order valence-electron chi connectivity index (χ2n) is 4.45. The molecular formula is C15H12N2O2. The molecule has 0 fully saturated rings. The summed E-state index contributed by atoms with van der Waals surface area (Å²) in [4.78, 5) is 18.6. The molecule has 1 aromatic carbocycles. The lowest BCUT2D eigenvalue weighted by Crippen LogP contribution is -1.98. The molecule has 0 aliphatic carbocycles. The molecule has 2 N–H and O–H groups in total. The van der Waals surface area contributed by atoms with Gasteiger partial charge in [-0.05, 0) is 24.6 Å². The first-order chi connectivity index (χ1) is 9.16. The van der Waals surface area contributed by atoms with E-state index in [0.29, 0.717) is 11.1 Å². The van der Waals surface area contributed by atoms with Gasteiger partial charge in [0, 0.05) is 11.8 Å². The summed E-state index contributed by atoms with van der Waals surface area (Å²) in [6, 6.07) is 11.4. The number of aromatic nitrogens is 2. The number of fused-ring (bicyclic) bond motifs is 1. The molecule has 4 nitrogen and oxygen atoms in total. The maximum Gasteiger partial charge on any atom is 0.353 e. The molecule has 0 spiro atoms. The number of hydrogen-bond donors (Lipinski definition) is 2. The smallest absolute Gasteiger partial charge is 0.353 e. The Morgan fingerprint density at radius 1 is 1.21 bits per heavy atom. The van der Waals surface area contributed by atoms with Gasteiger partial charge in [-0.2, -0.15) is 0 Å². The fraction of sp³-hybridized carbons (Fsp3) is 0.0667. The minimum absolute atomic E-state index is 0.178. The van der Waals surface area contributed by atoms with Gasteiger partial charge >= 0.3 is 5.97 Å². The van der Waals surface area contributed by atoms with Gasteiger partial charge in [0.05, 0.1) is 11.0 Å². The average Bonchev–Trinajstić information content (AvgIpc) is 2.79. The third-order valence-electron chi connectivity index (χ3n) is 3.11. The number of carbonyl (C=O) groups is 1. The van der Waals surface area contributed by atoms with Crippen LogP contribution in [0.4, 0.5) is 0 Å². The van der Waals surface area contributed by atoms with E-state index in [1.807, 2.05) is 37.3 Å². The molecule has 2 aromatic heterocycles. The van der Waals surface area contributed by atoms with E-state index in [1.54, 1.807) is 12.3 Å². The van der Waals surface area contributed by atoms with Crippen molar-refractivity contribution in [2.45, 2.75) is 6.92 Å². The predicted molar refractivity (Wildman–Crippen MR) is 73.2 cm³/mol. The minimum Gasteiger partial charge on any atom is -0.477 e. The third kappa shape index (κ3) is 1.87. The number of aryl methyl sites for hydroxylation is 1. The monoisotopic (exact) mass is 252 g/mol. The molecule has 0 radical (unpaired) electrons. The molecule has 4 heteroatoms. The van der Waals surface area contributed by atoms with Gasteiger partial charge < -0.3 is 10.1 Å². The Bertz CT molecular complexity index is 757. The summed E-state index contributed by atoms with van der Waals surface area (Å²) in [5.74, 6) is -0.978. The Hall–Kier alpha value is -2.62. The van der Waals surface area contributed by atoms with Crippen LogP contribution in [-0.2, 0) is 0 Å². The highest BCUT2D eigenvalue weighted by Gasteiger charge is 2.18. The van der Waals surface area contributed by atoms with E-state index >= 15 is 0 Å². The van der Waals surface area contributed by atoms with Gasteiger partial charge in [0.2, 0.25) is 0 Å². The molecule has 3 aromatic rings. The maximum absolute atomic E-state index is 11.4. The Labute approximate surface area is 109 Å². The van der Waals surface area contributed by atoms with Crippen LogP contribution in [0, 0.1) is 6.92 Å². The fourth-order valence-electron chi connectivity index (χ4n) is 2.18. The zero-order valence-electron chi connectivity index (χ0n) is 10.3. The molecule has 0 bridgehead atoms. The van der Waals surface area contributed by atoms with Gasteiger partial charge in [-0.25, -0.2) is 4.79 Å². The molecule has 19 heavy (non-hydrogen) atoms. The van der Waals surface area contributed by atoms with Crippen LogP contribution >= 0.6 is 0 Å². The van der Waals surface area contributed by atoms with Crippen molar-refractivity contribution in [3.05, 3.63) is 53.9 Å². The number of H-pyrrole nitrogens is 1. The first-order valence-electron chi connectivity index (χ1n) is 5.94. The summed E-state index contributed by atoms with van der Waals surface area (Å²) in [6.07, 6.45) is 1.67. The van der Waals surface area contributed by atoms with Crippen molar-refractivity contribution in [2.75, 3.05) is 0 Å². The summed E-state index contributed by atoms with van der Waals surface area (Å²) in [7, 11) is 0. The number of rotatable bonds is 2. The van der Waals surface area contributed by atoms with Crippen LogP contribution in [0.15, 0.2) is 42.6 Å². The van der Waals surface area contributed by atoms with Gasteiger partial charge in [-0.1, -0.05) is 29.8 Å². The summed E-state index contributed by atoms with van der Waals surface area (Å²) in [6.45, 7) is 2.00. The number of pyridine rings is 1. The van der Waals surface area contributed by atoms with Gasteiger partial charge in [-0.15, -0.1) is 0 Å². The van der Waals surface area contributed by atoms with E-state index in [4.69, 9.17) is 0 Å². The number of aromatic amines is 1. The lowest BCUT2D eigenvalue weighted by Gasteiger charge is -2.02. The van der Waals surface area contributed by atoms with Crippen molar-refractivity contribution in [3.8, 4) is 11.1 Å². The zero-order chi connectivity index (χ0) is 13.4. The lowest BCUT2D eigenvalue weighted by atomic mass is 10.0. The Balaban J connectivity index is 2.34. The number of aromatic carboxylic acids is 1. The second kappa shape index (κ2) is 4.24. The van der Waals surface area contributed by atoms with Gasteiger partial charge in [0.15, 0.2) is 0 Å². The van der Waals surface area contributed by atoms with Crippen LogP contribution in [0.25, 0.3) is 22.2 Å². The van der Waals surface area contributed by atoms with Gasteiger partial charge in [-0.3, -0.25) is 4.98 Å². The zero-order valence-corrected chi connectivity index (χ0v) is 10.3. The van der Waals surface area contributed by atoms with Crippen molar-refractivity contribution >= 4 is 17.0 Å². The van der Waals surface area contributed by atoms with E-state index < -0.39 is 5.97 Å². The first kappa shape index (κ1) is 11.5. The molecule has 94 valence electrons. The van der Waals surface area contributed by atoms with E-state index in [9.17, 15) is 9.90 Å². The largest absolute Gasteiger partial charge is 0.477 e. The fourth-order valence-corrected chi connectivity index (χ4v) is 2.18. The summed E-state index contributed by atoms with van der Waals surface area (Å²) < 4.78 is 0. The van der Waals surface area contributed by atoms with Crippen LogP contribution in [-0.4, -0.2) is 21.0 Å². The molecule has 0 aliphatic heterocycles. The predicted octanol–water partition coefficient (Wildman–Crippen LogP) is 3.24. The molecule has 0 atom stereocenters. The Morgan fingerprint density at radius 3 is 2.63 bits per heavy atom. The van der Waals surface area contributed by atoms with E-state index in [2.05, 4.69) is 9.97 Å². The average molecular weight is 252 g/mol. The minimum atomic E-state index is -0.978. The van der Waals surface area contributed by atoms with Crippen molar-refractivity contribution in [2.24, 2.45) is 0 Å². The highest BCUT2D eigenvalue weighted by Crippen LogP contribution is 2.31. The highest BCUT2D eigenvalue weighted by atomic mass is 16.4. The van der Waals surface area contributed by atoms with Crippen LogP contribution in [0.1, 0.15) is 16.1 Å². The Morgan fingerprint density at radius 2 is 1.95 bits per heavy atom. The number of nitrogens with zero attached hydrogens (tertiary/aromatic N) is 1. The highest BCUT2D eigenvalue weighted by molar-refractivity contribution is 6.05. The molecule has 0 aliphatic rings. The molecule has 0 unspecified atom stereocenters. The second-order valence-corrected chi connectivity index (χ2v) is 4.45. The number of benzene rings is 1. The van der Waals surface area contributed by atoms with E-state index in [0.717, 1.165) is 16.6 Å². The van der Waals surface area contributed by atoms with Crippen molar-refractivity contribution in [1.82, 2.24) is 9.97 Å². The van der Waals surface area contributed by atoms with Crippen LogP contribution in [0.2, 0.25) is 0 Å². The SMILES string of the molecule is Cc1ccc(-c2c(C(=O)O)[nH]c3cccnc23)cc1.